The van der Waals surface area contributed by atoms with Crippen LogP contribution in [0.2, 0.25) is 0 Å². The highest BCUT2D eigenvalue weighted by atomic mass is 19.1. The van der Waals surface area contributed by atoms with E-state index in [0.717, 1.165) is 16.7 Å². The third kappa shape index (κ3) is 1.91. The molecule has 0 unspecified atom stereocenters. The summed E-state index contributed by atoms with van der Waals surface area (Å²) in [5.74, 6) is -0.260. The SMILES string of the molecule is Cc1ccc(-c2cc(F)ccc2N)c(C)c1. The Morgan fingerprint density at radius 2 is 1.69 bits per heavy atom. The summed E-state index contributed by atoms with van der Waals surface area (Å²) in [5, 5.41) is 0. The van der Waals surface area contributed by atoms with Crippen molar-refractivity contribution in [3.63, 3.8) is 0 Å². The van der Waals surface area contributed by atoms with Crippen LogP contribution in [0.25, 0.3) is 11.1 Å². The summed E-state index contributed by atoms with van der Waals surface area (Å²) in [7, 11) is 0. The zero-order chi connectivity index (χ0) is 11.7. The Kier molecular flexibility index (Phi) is 2.65. The predicted molar refractivity (Wildman–Crippen MR) is 65.7 cm³/mol. The number of aryl methyl sites for hydroxylation is 2. The molecular weight excluding hydrogens is 201 g/mol. The fourth-order valence-electron chi connectivity index (χ4n) is 1.88. The van der Waals surface area contributed by atoms with Gasteiger partial charge < -0.3 is 5.73 Å². The molecule has 2 heteroatoms. The molecule has 1 nitrogen and oxygen atoms in total. The van der Waals surface area contributed by atoms with Gasteiger partial charge in [-0.1, -0.05) is 23.8 Å². The van der Waals surface area contributed by atoms with E-state index in [-0.39, 0.29) is 5.82 Å². The Labute approximate surface area is 94.7 Å². The molecule has 2 rings (SSSR count). The van der Waals surface area contributed by atoms with Gasteiger partial charge in [0.05, 0.1) is 0 Å². The van der Waals surface area contributed by atoms with Gasteiger partial charge >= 0.3 is 0 Å². The highest BCUT2D eigenvalue weighted by molar-refractivity contribution is 5.78. The molecule has 0 aromatic heterocycles. The van der Waals surface area contributed by atoms with Crippen LogP contribution in [0, 0.1) is 19.7 Å². The molecule has 0 spiro atoms. The van der Waals surface area contributed by atoms with E-state index in [2.05, 4.69) is 6.07 Å². The first kappa shape index (κ1) is 10.7. The maximum Gasteiger partial charge on any atom is 0.123 e. The summed E-state index contributed by atoms with van der Waals surface area (Å²) in [6.45, 7) is 4.04. The average Bonchev–Trinajstić information content (AvgIpc) is 2.22. The molecule has 0 atom stereocenters. The zero-order valence-electron chi connectivity index (χ0n) is 9.42. The Hall–Kier alpha value is -1.83. The molecule has 0 aliphatic rings. The maximum absolute atomic E-state index is 13.2. The lowest BCUT2D eigenvalue weighted by Crippen LogP contribution is -1.93. The summed E-state index contributed by atoms with van der Waals surface area (Å²) >= 11 is 0. The van der Waals surface area contributed by atoms with Crippen LogP contribution in [0.4, 0.5) is 10.1 Å². The van der Waals surface area contributed by atoms with Crippen molar-refractivity contribution in [2.75, 3.05) is 5.73 Å². The number of benzene rings is 2. The van der Waals surface area contributed by atoms with Gasteiger partial charge in [-0.2, -0.15) is 0 Å². The molecule has 0 radical (unpaired) electrons. The summed E-state index contributed by atoms with van der Waals surface area (Å²) in [4.78, 5) is 0. The molecule has 2 aromatic carbocycles. The fourth-order valence-corrected chi connectivity index (χ4v) is 1.88. The van der Waals surface area contributed by atoms with E-state index in [1.165, 1.54) is 17.7 Å². The Morgan fingerprint density at radius 3 is 2.38 bits per heavy atom. The van der Waals surface area contributed by atoms with Gasteiger partial charge in [-0.25, -0.2) is 4.39 Å². The molecule has 82 valence electrons. The lowest BCUT2D eigenvalue weighted by molar-refractivity contribution is 0.628. The maximum atomic E-state index is 13.2. The topological polar surface area (TPSA) is 26.0 Å². The van der Waals surface area contributed by atoms with Gasteiger partial charge in [0, 0.05) is 11.3 Å². The van der Waals surface area contributed by atoms with Crippen molar-refractivity contribution in [3.8, 4) is 11.1 Å². The minimum Gasteiger partial charge on any atom is -0.398 e. The van der Waals surface area contributed by atoms with Crippen molar-refractivity contribution in [2.45, 2.75) is 13.8 Å². The van der Waals surface area contributed by atoms with Crippen molar-refractivity contribution in [1.82, 2.24) is 0 Å². The van der Waals surface area contributed by atoms with Gasteiger partial charge in [0.15, 0.2) is 0 Å². The van der Waals surface area contributed by atoms with Crippen molar-refractivity contribution in [1.29, 1.82) is 0 Å². The van der Waals surface area contributed by atoms with Crippen LogP contribution in [-0.4, -0.2) is 0 Å². The molecule has 0 heterocycles. The molecule has 0 amide bonds. The number of hydrogen-bond acceptors (Lipinski definition) is 1. The van der Waals surface area contributed by atoms with Gasteiger partial charge in [-0.05, 0) is 43.2 Å². The fraction of sp³-hybridized carbons (Fsp3) is 0.143. The van der Waals surface area contributed by atoms with Crippen LogP contribution in [0.1, 0.15) is 11.1 Å². The smallest absolute Gasteiger partial charge is 0.123 e. The number of nitrogen functional groups attached to an aromatic ring is 1. The second-order valence-corrected chi connectivity index (χ2v) is 4.05. The minimum atomic E-state index is -0.260. The molecule has 0 fully saturated rings. The van der Waals surface area contributed by atoms with E-state index in [1.807, 2.05) is 26.0 Å². The molecule has 2 aromatic rings. The number of nitrogens with two attached hydrogens (primary N) is 1. The molecule has 0 saturated carbocycles. The first-order valence-electron chi connectivity index (χ1n) is 5.20. The second-order valence-electron chi connectivity index (χ2n) is 4.05. The minimum absolute atomic E-state index is 0.260. The molecule has 16 heavy (non-hydrogen) atoms. The normalized spacial score (nSPS) is 10.4. The molecule has 0 aliphatic heterocycles. The van der Waals surface area contributed by atoms with Crippen molar-refractivity contribution >= 4 is 5.69 Å². The van der Waals surface area contributed by atoms with E-state index in [4.69, 9.17) is 5.73 Å². The average molecular weight is 215 g/mol. The van der Waals surface area contributed by atoms with E-state index in [1.54, 1.807) is 6.07 Å². The molecular formula is C14H14FN. The van der Waals surface area contributed by atoms with E-state index in [9.17, 15) is 4.39 Å². The number of hydrogen-bond donors (Lipinski definition) is 1. The standard InChI is InChI=1S/C14H14FN/c1-9-3-5-12(10(2)7-9)13-8-11(15)4-6-14(13)16/h3-8H,16H2,1-2H3. The summed E-state index contributed by atoms with van der Waals surface area (Å²) in [6.07, 6.45) is 0. The number of rotatable bonds is 1. The highest BCUT2D eigenvalue weighted by Crippen LogP contribution is 2.29. The van der Waals surface area contributed by atoms with E-state index < -0.39 is 0 Å². The Morgan fingerprint density at radius 1 is 0.938 bits per heavy atom. The third-order valence-electron chi connectivity index (χ3n) is 2.69. The van der Waals surface area contributed by atoms with Crippen LogP contribution in [0.5, 0.6) is 0 Å². The summed E-state index contributed by atoms with van der Waals surface area (Å²) in [6, 6.07) is 10.5. The zero-order valence-corrected chi connectivity index (χ0v) is 9.42. The number of anilines is 1. The Bertz CT molecular complexity index is 532. The van der Waals surface area contributed by atoms with E-state index in [0.29, 0.717) is 5.69 Å². The van der Waals surface area contributed by atoms with Crippen molar-refractivity contribution in [2.24, 2.45) is 0 Å². The predicted octanol–water partition coefficient (Wildman–Crippen LogP) is 3.69. The van der Waals surface area contributed by atoms with Gasteiger partial charge in [-0.3, -0.25) is 0 Å². The molecule has 0 saturated heterocycles. The second kappa shape index (κ2) is 3.97. The van der Waals surface area contributed by atoms with Crippen molar-refractivity contribution < 1.29 is 4.39 Å². The lowest BCUT2D eigenvalue weighted by atomic mass is 9.97. The molecule has 2 N–H and O–H groups in total. The monoisotopic (exact) mass is 215 g/mol. The largest absolute Gasteiger partial charge is 0.398 e. The lowest BCUT2D eigenvalue weighted by Gasteiger charge is -2.10. The number of halogens is 1. The Balaban J connectivity index is 2.62. The van der Waals surface area contributed by atoms with Gasteiger partial charge in [0.1, 0.15) is 5.82 Å². The highest BCUT2D eigenvalue weighted by Gasteiger charge is 2.06. The first-order chi connectivity index (χ1) is 7.58. The molecule has 0 aliphatic carbocycles. The van der Waals surface area contributed by atoms with Gasteiger partial charge in [0.25, 0.3) is 0 Å². The van der Waals surface area contributed by atoms with Gasteiger partial charge in [-0.15, -0.1) is 0 Å². The van der Waals surface area contributed by atoms with Crippen molar-refractivity contribution in [3.05, 3.63) is 53.3 Å². The molecule has 0 bridgehead atoms. The van der Waals surface area contributed by atoms with Crippen LogP contribution >= 0.6 is 0 Å². The third-order valence-corrected chi connectivity index (χ3v) is 2.69. The summed E-state index contributed by atoms with van der Waals surface area (Å²) in [5.41, 5.74) is 10.5. The van der Waals surface area contributed by atoms with Crippen LogP contribution in [0.15, 0.2) is 36.4 Å². The summed E-state index contributed by atoms with van der Waals surface area (Å²) < 4.78 is 13.2. The van der Waals surface area contributed by atoms with Crippen LogP contribution in [0.3, 0.4) is 0 Å². The van der Waals surface area contributed by atoms with Gasteiger partial charge in [0.2, 0.25) is 0 Å². The van der Waals surface area contributed by atoms with Crippen LogP contribution in [-0.2, 0) is 0 Å². The first-order valence-corrected chi connectivity index (χ1v) is 5.20. The van der Waals surface area contributed by atoms with E-state index >= 15 is 0 Å². The van der Waals surface area contributed by atoms with Crippen LogP contribution < -0.4 is 5.73 Å². The quantitative estimate of drug-likeness (QED) is 0.721.